The minimum Gasteiger partial charge on any atom is -0.304 e. The van der Waals surface area contributed by atoms with Gasteiger partial charge < -0.3 is 4.90 Å². The van der Waals surface area contributed by atoms with Crippen LogP contribution < -0.4 is 0 Å². The molecule has 4 rings (SSSR count). The van der Waals surface area contributed by atoms with E-state index in [2.05, 4.69) is 45.1 Å². The maximum atomic E-state index is 4.41. The monoisotopic (exact) mass is 373 g/mol. The Bertz CT molecular complexity index is 563. The molecule has 1 atom stereocenters. The summed E-state index contributed by atoms with van der Waals surface area (Å²) in [4.78, 5) is 7.86. The smallest absolute Gasteiger partial charge is 0.0535 e. The van der Waals surface area contributed by atoms with Crippen LogP contribution >= 0.6 is 0 Å². The molecule has 1 N–H and O–H groups in total. The lowest BCUT2D eigenvalue weighted by Gasteiger charge is -2.42. The third kappa shape index (κ3) is 4.75. The molecular formula is C22H39N5. The molecule has 0 aromatic carbocycles. The third-order valence-corrected chi connectivity index (χ3v) is 7.59. The van der Waals surface area contributed by atoms with Gasteiger partial charge in [0.2, 0.25) is 0 Å². The van der Waals surface area contributed by atoms with Crippen LogP contribution in [-0.4, -0.2) is 77.3 Å². The molecule has 0 amide bonds. The lowest BCUT2D eigenvalue weighted by atomic mass is 9.85. The van der Waals surface area contributed by atoms with E-state index in [9.17, 15) is 0 Å². The largest absolute Gasteiger partial charge is 0.304 e. The highest BCUT2D eigenvalue weighted by Crippen LogP contribution is 2.34. The second-order valence-electron chi connectivity index (χ2n) is 9.34. The Balaban J connectivity index is 1.27. The zero-order valence-corrected chi connectivity index (χ0v) is 17.5. The predicted octanol–water partition coefficient (Wildman–Crippen LogP) is 3.31. The first-order valence-corrected chi connectivity index (χ1v) is 11.4. The van der Waals surface area contributed by atoms with Crippen molar-refractivity contribution in [2.45, 2.75) is 70.4 Å². The number of likely N-dealkylation sites (N-methyl/N-ethyl adjacent to an activating group) is 1. The van der Waals surface area contributed by atoms with Crippen molar-refractivity contribution in [1.82, 2.24) is 24.9 Å². The molecule has 3 heterocycles. The van der Waals surface area contributed by atoms with E-state index >= 15 is 0 Å². The van der Waals surface area contributed by atoms with Crippen LogP contribution in [-0.2, 0) is 6.54 Å². The molecule has 0 bridgehead atoms. The number of hydrogen-bond donors (Lipinski definition) is 1. The maximum absolute atomic E-state index is 4.41. The van der Waals surface area contributed by atoms with Crippen molar-refractivity contribution in [3.8, 4) is 0 Å². The van der Waals surface area contributed by atoms with Crippen LogP contribution in [0.3, 0.4) is 0 Å². The Morgan fingerprint density at radius 1 is 1.00 bits per heavy atom. The van der Waals surface area contributed by atoms with Gasteiger partial charge in [0.25, 0.3) is 0 Å². The van der Waals surface area contributed by atoms with E-state index in [4.69, 9.17) is 0 Å². The van der Waals surface area contributed by atoms with E-state index in [-0.39, 0.29) is 0 Å². The number of H-pyrrole nitrogens is 1. The number of rotatable bonds is 5. The van der Waals surface area contributed by atoms with Crippen molar-refractivity contribution in [3.63, 3.8) is 0 Å². The minimum atomic E-state index is 0.728. The summed E-state index contributed by atoms with van der Waals surface area (Å²) < 4.78 is 0. The second-order valence-corrected chi connectivity index (χ2v) is 9.34. The second kappa shape index (κ2) is 9.06. The first-order valence-electron chi connectivity index (χ1n) is 11.4. The molecule has 152 valence electrons. The molecule has 1 saturated carbocycles. The fourth-order valence-electron chi connectivity index (χ4n) is 5.55. The van der Waals surface area contributed by atoms with Gasteiger partial charge in [0.15, 0.2) is 0 Å². The van der Waals surface area contributed by atoms with Crippen molar-refractivity contribution in [3.05, 3.63) is 17.5 Å². The topological polar surface area (TPSA) is 38.4 Å². The van der Waals surface area contributed by atoms with E-state index in [1.165, 1.54) is 95.5 Å². The molecule has 1 aromatic rings. The summed E-state index contributed by atoms with van der Waals surface area (Å²) in [7, 11) is 2.25. The molecule has 3 fully saturated rings. The molecule has 5 nitrogen and oxygen atoms in total. The molecule has 0 radical (unpaired) electrons. The molecule has 2 aliphatic heterocycles. The maximum Gasteiger partial charge on any atom is 0.0535 e. The number of nitrogens with one attached hydrogen (secondary N) is 1. The molecule has 27 heavy (non-hydrogen) atoms. The SMILES string of the molecule is CC(C1CCN(Cc2cn[nH]c2C2CCCCC2)CC1)N1CCN(C)CC1. The minimum absolute atomic E-state index is 0.728. The van der Waals surface area contributed by atoms with E-state index < -0.39 is 0 Å². The molecule has 1 aromatic heterocycles. The molecule has 2 saturated heterocycles. The molecule has 5 heteroatoms. The van der Waals surface area contributed by atoms with Crippen molar-refractivity contribution in [2.75, 3.05) is 46.3 Å². The van der Waals surface area contributed by atoms with E-state index in [1.807, 2.05) is 0 Å². The van der Waals surface area contributed by atoms with Gasteiger partial charge in [0.05, 0.1) is 6.20 Å². The Morgan fingerprint density at radius 2 is 1.70 bits per heavy atom. The van der Waals surface area contributed by atoms with E-state index in [1.54, 1.807) is 0 Å². The lowest BCUT2D eigenvalue weighted by Crippen LogP contribution is -2.51. The van der Waals surface area contributed by atoms with Crippen molar-refractivity contribution < 1.29 is 0 Å². The van der Waals surface area contributed by atoms with Crippen LogP contribution in [0.4, 0.5) is 0 Å². The standard InChI is InChI=1S/C22H39N5/c1-18(27-14-12-25(2)13-15-27)19-8-10-26(11-9-19)17-21-16-23-24-22(21)20-6-4-3-5-7-20/h16,18-20H,3-15,17H2,1-2H3,(H,23,24). The fourth-order valence-corrected chi connectivity index (χ4v) is 5.55. The molecule has 1 unspecified atom stereocenters. The zero-order chi connectivity index (χ0) is 18.6. The highest BCUT2D eigenvalue weighted by molar-refractivity contribution is 5.21. The van der Waals surface area contributed by atoms with Crippen LogP contribution in [0.1, 0.15) is 69.0 Å². The first kappa shape index (κ1) is 19.4. The summed E-state index contributed by atoms with van der Waals surface area (Å²) in [5.74, 6) is 1.60. The number of piperidine rings is 1. The number of hydrogen-bond acceptors (Lipinski definition) is 4. The highest BCUT2D eigenvalue weighted by atomic mass is 15.3. The summed E-state index contributed by atoms with van der Waals surface area (Å²) in [6.07, 6.45) is 11.7. The Hall–Kier alpha value is -0.910. The number of piperazine rings is 1. The Labute approximate surface area is 165 Å². The quantitative estimate of drug-likeness (QED) is 0.859. The van der Waals surface area contributed by atoms with E-state index in [0.717, 1.165) is 24.4 Å². The van der Waals surface area contributed by atoms with Gasteiger partial charge in [0.1, 0.15) is 0 Å². The van der Waals surface area contributed by atoms with Gasteiger partial charge in [0, 0.05) is 55.9 Å². The van der Waals surface area contributed by atoms with Gasteiger partial charge in [-0.2, -0.15) is 5.10 Å². The van der Waals surface area contributed by atoms with Crippen molar-refractivity contribution in [1.29, 1.82) is 0 Å². The van der Waals surface area contributed by atoms with Crippen LogP contribution in [0.2, 0.25) is 0 Å². The van der Waals surface area contributed by atoms with Gasteiger partial charge in [-0.3, -0.25) is 14.9 Å². The van der Waals surface area contributed by atoms with Crippen LogP contribution in [0, 0.1) is 5.92 Å². The number of aromatic nitrogens is 2. The molecule has 1 aliphatic carbocycles. The van der Waals surface area contributed by atoms with E-state index in [0.29, 0.717) is 0 Å². The predicted molar refractivity (Wildman–Crippen MR) is 111 cm³/mol. The summed E-state index contributed by atoms with van der Waals surface area (Å²) in [5, 5.41) is 7.76. The summed E-state index contributed by atoms with van der Waals surface area (Å²) in [6.45, 7) is 11.0. The van der Waals surface area contributed by atoms with Gasteiger partial charge in [-0.1, -0.05) is 19.3 Å². The Kier molecular flexibility index (Phi) is 6.51. The average Bonchev–Trinajstić information content (AvgIpc) is 3.17. The molecular weight excluding hydrogens is 334 g/mol. The number of likely N-dealkylation sites (tertiary alicyclic amines) is 1. The highest BCUT2D eigenvalue weighted by Gasteiger charge is 2.30. The summed E-state index contributed by atoms with van der Waals surface area (Å²) in [5.41, 5.74) is 2.91. The lowest BCUT2D eigenvalue weighted by molar-refractivity contribution is 0.0597. The van der Waals surface area contributed by atoms with Gasteiger partial charge >= 0.3 is 0 Å². The first-order chi connectivity index (χ1) is 13.2. The number of nitrogens with zero attached hydrogens (tertiary/aromatic N) is 4. The normalized spacial score (nSPS) is 26.4. The fraction of sp³-hybridized carbons (Fsp3) is 0.864. The number of aromatic amines is 1. The zero-order valence-electron chi connectivity index (χ0n) is 17.5. The van der Waals surface area contributed by atoms with Gasteiger partial charge in [-0.15, -0.1) is 0 Å². The van der Waals surface area contributed by atoms with Crippen molar-refractivity contribution >= 4 is 0 Å². The summed E-state index contributed by atoms with van der Waals surface area (Å²) >= 11 is 0. The average molecular weight is 374 g/mol. The Morgan fingerprint density at radius 3 is 2.41 bits per heavy atom. The van der Waals surface area contributed by atoms with Crippen LogP contribution in [0.15, 0.2) is 6.20 Å². The molecule has 3 aliphatic rings. The molecule has 0 spiro atoms. The van der Waals surface area contributed by atoms with Crippen LogP contribution in [0.5, 0.6) is 0 Å². The third-order valence-electron chi connectivity index (χ3n) is 7.59. The summed E-state index contributed by atoms with van der Waals surface area (Å²) in [6, 6.07) is 0.743. The van der Waals surface area contributed by atoms with Crippen molar-refractivity contribution in [2.24, 2.45) is 5.92 Å². The van der Waals surface area contributed by atoms with Crippen LogP contribution in [0.25, 0.3) is 0 Å². The van der Waals surface area contributed by atoms with Gasteiger partial charge in [-0.05, 0) is 58.7 Å². The van der Waals surface area contributed by atoms with Gasteiger partial charge in [-0.25, -0.2) is 0 Å².